The third-order valence-electron chi connectivity index (χ3n) is 3.19. The van der Waals surface area contributed by atoms with Crippen molar-refractivity contribution in [1.29, 1.82) is 0 Å². The SMILES string of the molecule is C=C(C)/C=C\C(=C)Oc1cccc(OC(C)c2ccccc2)c1. The van der Waals surface area contributed by atoms with Gasteiger partial charge in [-0.2, -0.15) is 0 Å². The molecule has 0 N–H and O–H groups in total. The summed E-state index contributed by atoms with van der Waals surface area (Å²) in [6, 6.07) is 17.7. The van der Waals surface area contributed by atoms with E-state index in [1.54, 1.807) is 6.08 Å². The molecule has 0 aliphatic carbocycles. The minimum atomic E-state index is -0.0297. The fraction of sp³-hybridized carbons (Fsp3) is 0.143. The summed E-state index contributed by atoms with van der Waals surface area (Å²) in [5, 5.41) is 0. The number of ether oxygens (including phenoxy) is 2. The van der Waals surface area contributed by atoms with E-state index in [0.29, 0.717) is 11.5 Å². The smallest absolute Gasteiger partial charge is 0.131 e. The third kappa shape index (κ3) is 5.51. The average Bonchev–Trinajstić information content (AvgIpc) is 2.54. The minimum absolute atomic E-state index is 0.0297. The van der Waals surface area contributed by atoms with Gasteiger partial charge in [-0.05, 0) is 37.6 Å². The summed E-state index contributed by atoms with van der Waals surface area (Å²) in [5.74, 6) is 2.01. The van der Waals surface area contributed by atoms with E-state index in [4.69, 9.17) is 9.47 Å². The van der Waals surface area contributed by atoms with Gasteiger partial charge in [0.1, 0.15) is 23.4 Å². The highest BCUT2D eigenvalue weighted by molar-refractivity contribution is 5.35. The van der Waals surface area contributed by atoms with Crippen LogP contribution in [0.4, 0.5) is 0 Å². The van der Waals surface area contributed by atoms with Crippen molar-refractivity contribution in [3.05, 3.63) is 96.8 Å². The summed E-state index contributed by atoms with van der Waals surface area (Å²) in [5.41, 5.74) is 2.08. The fourth-order valence-electron chi connectivity index (χ4n) is 2.03. The van der Waals surface area contributed by atoms with E-state index in [9.17, 15) is 0 Å². The molecule has 0 radical (unpaired) electrons. The van der Waals surface area contributed by atoms with Crippen LogP contribution in [0.1, 0.15) is 25.5 Å². The normalized spacial score (nSPS) is 11.9. The van der Waals surface area contributed by atoms with Gasteiger partial charge in [-0.25, -0.2) is 0 Å². The zero-order valence-corrected chi connectivity index (χ0v) is 13.7. The molecule has 0 aliphatic rings. The van der Waals surface area contributed by atoms with Crippen molar-refractivity contribution in [3.63, 3.8) is 0 Å². The lowest BCUT2D eigenvalue weighted by atomic mass is 10.1. The maximum Gasteiger partial charge on any atom is 0.131 e. The van der Waals surface area contributed by atoms with E-state index < -0.39 is 0 Å². The maximum atomic E-state index is 5.98. The first-order chi connectivity index (χ1) is 11.0. The summed E-state index contributed by atoms with van der Waals surface area (Å²) in [6.07, 6.45) is 3.63. The van der Waals surface area contributed by atoms with Gasteiger partial charge in [0.25, 0.3) is 0 Å². The van der Waals surface area contributed by atoms with Crippen LogP contribution in [0, 0.1) is 0 Å². The Morgan fingerprint density at radius 1 is 0.957 bits per heavy atom. The Morgan fingerprint density at radius 3 is 2.35 bits per heavy atom. The van der Waals surface area contributed by atoms with Gasteiger partial charge in [0.2, 0.25) is 0 Å². The number of allylic oxidation sites excluding steroid dienone is 3. The van der Waals surface area contributed by atoms with Gasteiger partial charge < -0.3 is 9.47 Å². The van der Waals surface area contributed by atoms with Crippen molar-refractivity contribution >= 4 is 0 Å². The molecule has 0 bridgehead atoms. The largest absolute Gasteiger partial charge is 0.486 e. The van der Waals surface area contributed by atoms with Crippen LogP contribution >= 0.6 is 0 Å². The van der Waals surface area contributed by atoms with Crippen LogP contribution in [0.15, 0.2) is 91.2 Å². The first kappa shape index (κ1) is 16.6. The highest BCUT2D eigenvalue weighted by Crippen LogP contribution is 2.26. The van der Waals surface area contributed by atoms with Crippen molar-refractivity contribution in [2.45, 2.75) is 20.0 Å². The molecule has 0 amide bonds. The van der Waals surface area contributed by atoms with Gasteiger partial charge in [0, 0.05) is 6.07 Å². The molecule has 0 fully saturated rings. The zero-order chi connectivity index (χ0) is 16.7. The predicted octanol–water partition coefficient (Wildman–Crippen LogP) is 5.85. The number of benzene rings is 2. The Morgan fingerprint density at radius 2 is 1.65 bits per heavy atom. The van der Waals surface area contributed by atoms with Crippen molar-refractivity contribution < 1.29 is 9.47 Å². The Labute approximate surface area is 138 Å². The van der Waals surface area contributed by atoms with Crippen molar-refractivity contribution in [3.8, 4) is 11.5 Å². The summed E-state index contributed by atoms with van der Waals surface area (Å²) in [4.78, 5) is 0. The number of hydrogen-bond acceptors (Lipinski definition) is 2. The molecule has 2 heteroatoms. The highest BCUT2D eigenvalue weighted by atomic mass is 16.5. The van der Waals surface area contributed by atoms with E-state index in [-0.39, 0.29) is 6.10 Å². The zero-order valence-electron chi connectivity index (χ0n) is 13.7. The molecule has 2 aromatic rings. The Kier molecular flexibility index (Phi) is 5.81. The maximum absolute atomic E-state index is 5.98. The van der Waals surface area contributed by atoms with Crippen LogP contribution < -0.4 is 9.47 Å². The summed E-state index contributed by atoms with van der Waals surface area (Å²) < 4.78 is 11.7. The molecule has 2 nitrogen and oxygen atoms in total. The standard InChI is InChI=1S/C21H22O2/c1-16(2)13-14-17(3)22-20-11-8-12-21(15-20)23-18(4)19-9-6-5-7-10-19/h5-15,18H,1,3H2,2,4H3/b14-13-. The molecular weight excluding hydrogens is 284 g/mol. The molecule has 0 aliphatic heterocycles. The summed E-state index contributed by atoms with van der Waals surface area (Å²) >= 11 is 0. The Balaban J connectivity index is 2.02. The fourth-order valence-corrected chi connectivity index (χ4v) is 2.03. The van der Waals surface area contributed by atoms with Gasteiger partial charge in [0.05, 0.1) is 0 Å². The first-order valence-corrected chi connectivity index (χ1v) is 7.56. The molecule has 0 saturated carbocycles. The molecule has 118 valence electrons. The average molecular weight is 306 g/mol. The molecule has 0 spiro atoms. The molecule has 23 heavy (non-hydrogen) atoms. The van der Waals surface area contributed by atoms with Gasteiger partial charge in [-0.1, -0.05) is 61.2 Å². The van der Waals surface area contributed by atoms with E-state index >= 15 is 0 Å². The van der Waals surface area contributed by atoms with Crippen molar-refractivity contribution in [1.82, 2.24) is 0 Å². The Hall–Kier alpha value is -2.74. The highest BCUT2D eigenvalue weighted by Gasteiger charge is 2.07. The van der Waals surface area contributed by atoms with Crippen LogP contribution in [0.5, 0.6) is 11.5 Å². The van der Waals surface area contributed by atoms with E-state index in [0.717, 1.165) is 16.9 Å². The second kappa shape index (κ2) is 8.04. The molecule has 1 unspecified atom stereocenters. The van der Waals surface area contributed by atoms with Crippen LogP contribution in [0.2, 0.25) is 0 Å². The van der Waals surface area contributed by atoms with E-state index in [1.165, 1.54) is 0 Å². The number of hydrogen-bond donors (Lipinski definition) is 0. The number of rotatable bonds is 7. The van der Waals surface area contributed by atoms with Crippen LogP contribution in [-0.4, -0.2) is 0 Å². The van der Waals surface area contributed by atoms with Crippen molar-refractivity contribution in [2.24, 2.45) is 0 Å². The second-order valence-corrected chi connectivity index (χ2v) is 5.39. The first-order valence-electron chi connectivity index (χ1n) is 7.56. The Bertz CT molecular complexity index is 699. The lowest BCUT2D eigenvalue weighted by Crippen LogP contribution is -2.02. The van der Waals surface area contributed by atoms with Crippen LogP contribution in [0.3, 0.4) is 0 Å². The predicted molar refractivity (Wildman–Crippen MR) is 95.6 cm³/mol. The third-order valence-corrected chi connectivity index (χ3v) is 3.19. The summed E-state index contributed by atoms with van der Waals surface area (Å²) in [6.45, 7) is 11.6. The molecule has 0 saturated heterocycles. The van der Waals surface area contributed by atoms with E-state index in [1.807, 2.05) is 62.4 Å². The second-order valence-electron chi connectivity index (χ2n) is 5.39. The molecule has 0 aromatic heterocycles. The molecule has 2 aromatic carbocycles. The molecule has 1 atom stereocenters. The van der Waals surface area contributed by atoms with Gasteiger partial charge >= 0.3 is 0 Å². The minimum Gasteiger partial charge on any atom is -0.486 e. The quantitative estimate of drug-likeness (QED) is 0.472. The van der Waals surface area contributed by atoms with Gasteiger partial charge in [0.15, 0.2) is 0 Å². The van der Waals surface area contributed by atoms with Gasteiger partial charge in [-0.3, -0.25) is 0 Å². The van der Waals surface area contributed by atoms with E-state index in [2.05, 4.69) is 25.3 Å². The van der Waals surface area contributed by atoms with Crippen LogP contribution in [-0.2, 0) is 0 Å². The summed E-state index contributed by atoms with van der Waals surface area (Å²) in [7, 11) is 0. The molecule has 0 heterocycles. The van der Waals surface area contributed by atoms with Gasteiger partial charge in [-0.15, -0.1) is 0 Å². The van der Waals surface area contributed by atoms with Crippen LogP contribution in [0.25, 0.3) is 0 Å². The topological polar surface area (TPSA) is 18.5 Å². The lowest BCUT2D eigenvalue weighted by molar-refractivity contribution is 0.226. The molecule has 2 rings (SSSR count). The molecular formula is C21H22O2. The monoisotopic (exact) mass is 306 g/mol. The lowest BCUT2D eigenvalue weighted by Gasteiger charge is -2.16. The van der Waals surface area contributed by atoms with Crippen molar-refractivity contribution in [2.75, 3.05) is 0 Å².